The quantitative estimate of drug-likeness (QED) is 0.256. The third-order valence-corrected chi connectivity index (χ3v) is 6.54. The molecule has 0 bridgehead atoms. The van der Waals surface area contributed by atoms with Crippen LogP contribution in [0.3, 0.4) is 0 Å². The lowest BCUT2D eigenvalue weighted by Crippen LogP contribution is -2.31. The van der Waals surface area contributed by atoms with Crippen LogP contribution in [0.4, 0.5) is 15.8 Å². The molecule has 2 amide bonds. The van der Waals surface area contributed by atoms with Crippen LogP contribution in [-0.2, 0) is 13.1 Å². The van der Waals surface area contributed by atoms with Gasteiger partial charge in [-0.1, -0.05) is 35.9 Å². The highest BCUT2D eigenvalue weighted by Crippen LogP contribution is 2.27. The van der Waals surface area contributed by atoms with Crippen molar-refractivity contribution < 1.29 is 18.7 Å². The number of nitrogens with one attached hydrogen (secondary N) is 1. The number of hydrogen-bond acceptors (Lipinski definition) is 4. The SMILES string of the molecule is COc1ccc(C(=O)N(Cc2ccc(F)cc2)Cc2cc(NC(=O)c3ccccc3Cl)ccc2N(C)C)cc1. The van der Waals surface area contributed by atoms with Crippen LogP contribution >= 0.6 is 11.6 Å². The summed E-state index contributed by atoms with van der Waals surface area (Å²) >= 11 is 6.21. The molecule has 0 radical (unpaired) electrons. The Morgan fingerprint density at radius 2 is 1.59 bits per heavy atom. The van der Waals surface area contributed by atoms with E-state index in [1.54, 1.807) is 72.7 Å². The van der Waals surface area contributed by atoms with Gasteiger partial charge < -0.3 is 19.9 Å². The molecule has 0 aliphatic carbocycles. The van der Waals surface area contributed by atoms with Crippen LogP contribution in [0.5, 0.6) is 5.75 Å². The van der Waals surface area contributed by atoms with Crippen LogP contribution in [0.25, 0.3) is 0 Å². The number of nitrogens with zero attached hydrogens (tertiary/aromatic N) is 2. The molecule has 0 fully saturated rings. The van der Waals surface area contributed by atoms with Crippen LogP contribution in [0.2, 0.25) is 5.02 Å². The molecule has 6 nitrogen and oxygen atoms in total. The minimum atomic E-state index is -0.344. The molecule has 4 aromatic carbocycles. The minimum Gasteiger partial charge on any atom is -0.497 e. The van der Waals surface area contributed by atoms with Crippen molar-refractivity contribution in [3.8, 4) is 5.75 Å². The molecule has 0 saturated carbocycles. The molecule has 200 valence electrons. The Balaban J connectivity index is 1.67. The summed E-state index contributed by atoms with van der Waals surface area (Å²) in [6.07, 6.45) is 0. The van der Waals surface area contributed by atoms with Gasteiger partial charge in [0.2, 0.25) is 0 Å². The number of carbonyl (C=O) groups is 2. The van der Waals surface area contributed by atoms with E-state index >= 15 is 0 Å². The van der Waals surface area contributed by atoms with Crippen molar-refractivity contribution in [2.24, 2.45) is 0 Å². The van der Waals surface area contributed by atoms with E-state index in [4.69, 9.17) is 16.3 Å². The highest BCUT2D eigenvalue weighted by Gasteiger charge is 2.20. The van der Waals surface area contributed by atoms with Crippen molar-refractivity contribution in [1.29, 1.82) is 0 Å². The number of benzene rings is 4. The first-order valence-electron chi connectivity index (χ1n) is 12.3. The fraction of sp³-hybridized carbons (Fsp3) is 0.161. The van der Waals surface area contributed by atoms with E-state index in [1.807, 2.05) is 37.2 Å². The lowest BCUT2D eigenvalue weighted by molar-refractivity contribution is 0.0730. The van der Waals surface area contributed by atoms with Crippen molar-refractivity contribution in [3.05, 3.63) is 124 Å². The van der Waals surface area contributed by atoms with Gasteiger partial charge in [-0.25, -0.2) is 4.39 Å². The highest BCUT2D eigenvalue weighted by molar-refractivity contribution is 6.34. The Morgan fingerprint density at radius 3 is 2.23 bits per heavy atom. The molecule has 0 aliphatic heterocycles. The number of methoxy groups -OCH3 is 1. The number of rotatable bonds is 9. The first-order valence-corrected chi connectivity index (χ1v) is 12.7. The van der Waals surface area contributed by atoms with Gasteiger partial charge in [0.05, 0.1) is 17.7 Å². The second kappa shape index (κ2) is 12.5. The Bertz CT molecular complexity index is 1460. The molecule has 39 heavy (non-hydrogen) atoms. The smallest absolute Gasteiger partial charge is 0.257 e. The number of halogens is 2. The van der Waals surface area contributed by atoms with Crippen LogP contribution in [0, 0.1) is 5.82 Å². The topological polar surface area (TPSA) is 61.9 Å². The Labute approximate surface area is 232 Å². The molecule has 0 aromatic heterocycles. The molecular weight excluding hydrogens is 517 g/mol. The fourth-order valence-corrected chi connectivity index (χ4v) is 4.42. The van der Waals surface area contributed by atoms with Crippen molar-refractivity contribution >= 4 is 34.8 Å². The van der Waals surface area contributed by atoms with Gasteiger partial charge in [0.1, 0.15) is 11.6 Å². The predicted octanol–water partition coefficient (Wildman–Crippen LogP) is 6.65. The van der Waals surface area contributed by atoms with Gasteiger partial charge in [-0.15, -0.1) is 0 Å². The van der Waals surface area contributed by atoms with E-state index < -0.39 is 0 Å². The van der Waals surface area contributed by atoms with E-state index in [9.17, 15) is 14.0 Å². The molecule has 0 heterocycles. The molecule has 8 heteroatoms. The standard InChI is InChI=1S/C31H29ClFN3O3/c1-35(2)29-17-14-25(34-30(37)27-6-4-5-7-28(27)32)18-23(29)20-36(19-21-8-12-24(33)13-9-21)31(38)22-10-15-26(39-3)16-11-22/h4-18H,19-20H2,1-3H3,(H,34,37). The van der Waals surface area contributed by atoms with E-state index in [1.165, 1.54) is 12.1 Å². The Kier molecular flexibility index (Phi) is 8.84. The molecule has 0 saturated heterocycles. The minimum absolute atomic E-state index is 0.197. The molecule has 4 rings (SSSR count). The van der Waals surface area contributed by atoms with Crippen LogP contribution < -0.4 is 15.0 Å². The normalized spacial score (nSPS) is 10.6. The summed E-state index contributed by atoms with van der Waals surface area (Å²) in [5.41, 5.74) is 3.92. The van der Waals surface area contributed by atoms with Gasteiger partial charge in [0, 0.05) is 44.1 Å². The number of carbonyl (C=O) groups excluding carboxylic acids is 2. The monoisotopic (exact) mass is 545 g/mol. The molecular formula is C31H29ClFN3O3. The van der Waals surface area contributed by atoms with Gasteiger partial charge in [0.25, 0.3) is 11.8 Å². The zero-order valence-corrected chi connectivity index (χ0v) is 22.7. The fourth-order valence-electron chi connectivity index (χ4n) is 4.20. The average molecular weight is 546 g/mol. The number of hydrogen-bond donors (Lipinski definition) is 1. The van der Waals surface area contributed by atoms with Gasteiger partial charge >= 0.3 is 0 Å². The molecule has 0 spiro atoms. The molecule has 1 N–H and O–H groups in total. The Hall–Kier alpha value is -4.36. The van der Waals surface area contributed by atoms with E-state index in [-0.39, 0.29) is 30.7 Å². The largest absolute Gasteiger partial charge is 0.497 e. The van der Waals surface area contributed by atoms with E-state index in [2.05, 4.69) is 5.32 Å². The predicted molar refractivity (Wildman–Crippen MR) is 153 cm³/mol. The summed E-state index contributed by atoms with van der Waals surface area (Å²) in [5.74, 6) is -0.226. The second-order valence-electron chi connectivity index (χ2n) is 9.19. The lowest BCUT2D eigenvalue weighted by Gasteiger charge is -2.27. The van der Waals surface area contributed by atoms with Crippen molar-refractivity contribution in [1.82, 2.24) is 4.90 Å². The maximum atomic E-state index is 13.7. The summed E-state index contributed by atoms with van der Waals surface area (Å²) in [7, 11) is 5.39. The first-order chi connectivity index (χ1) is 18.7. The van der Waals surface area contributed by atoms with Gasteiger partial charge in [0.15, 0.2) is 0 Å². The summed E-state index contributed by atoms with van der Waals surface area (Å²) in [5, 5.41) is 3.26. The van der Waals surface area contributed by atoms with E-state index in [0.29, 0.717) is 27.6 Å². The van der Waals surface area contributed by atoms with Crippen molar-refractivity contribution in [2.75, 3.05) is 31.4 Å². The maximum Gasteiger partial charge on any atom is 0.257 e. The molecule has 0 aliphatic rings. The number of amides is 2. The summed E-state index contributed by atoms with van der Waals surface area (Å²) in [4.78, 5) is 30.2. The van der Waals surface area contributed by atoms with Crippen LogP contribution in [-0.4, -0.2) is 37.9 Å². The molecule has 0 unspecified atom stereocenters. The molecule has 4 aromatic rings. The van der Waals surface area contributed by atoms with Crippen molar-refractivity contribution in [3.63, 3.8) is 0 Å². The van der Waals surface area contributed by atoms with Gasteiger partial charge in [-0.05, 0) is 77.9 Å². The summed E-state index contributed by atoms with van der Waals surface area (Å²) in [6, 6.07) is 25.4. The van der Waals surface area contributed by atoms with Crippen LogP contribution in [0.15, 0.2) is 91.0 Å². The maximum absolute atomic E-state index is 13.7. The van der Waals surface area contributed by atoms with E-state index in [0.717, 1.165) is 16.8 Å². The number of ether oxygens (including phenoxy) is 1. The number of anilines is 2. The third kappa shape index (κ3) is 6.94. The van der Waals surface area contributed by atoms with Crippen LogP contribution in [0.1, 0.15) is 31.8 Å². The first kappa shape index (κ1) is 27.7. The lowest BCUT2D eigenvalue weighted by atomic mass is 10.1. The second-order valence-corrected chi connectivity index (χ2v) is 9.60. The third-order valence-electron chi connectivity index (χ3n) is 6.21. The van der Waals surface area contributed by atoms with Crippen molar-refractivity contribution in [2.45, 2.75) is 13.1 Å². The zero-order valence-electron chi connectivity index (χ0n) is 21.9. The summed E-state index contributed by atoms with van der Waals surface area (Å²) < 4.78 is 18.8. The summed E-state index contributed by atoms with van der Waals surface area (Å²) in [6.45, 7) is 0.500. The van der Waals surface area contributed by atoms with Gasteiger partial charge in [-0.3, -0.25) is 9.59 Å². The van der Waals surface area contributed by atoms with Gasteiger partial charge in [-0.2, -0.15) is 0 Å². The zero-order chi connectivity index (χ0) is 27.9. The molecule has 0 atom stereocenters. The highest BCUT2D eigenvalue weighted by atomic mass is 35.5. The average Bonchev–Trinajstić information content (AvgIpc) is 2.93. The Morgan fingerprint density at radius 1 is 0.897 bits per heavy atom.